The average Bonchev–Trinajstić information content (AvgIpc) is 2.19. The van der Waals surface area contributed by atoms with Gasteiger partial charge in [0, 0.05) is 12.6 Å². The van der Waals surface area contributed by atoms with E-state index in [2.05, 4.69) is 45.1 Å². The third-order valence-corrected chi connectivity index (χ3v) is 4.42. The minimum absolute atomic E-state index is 0.671. The first-order valence-corrected chi connectivity index (χ1v) is 6.88. The van der Waals surface area contributed by atoms with Gasteiger partial charge in [0.2, 0.25) is 0 Å². The summed E-state index contributed by atoms with van der Waals surface area (Å²) >= 11 is 0. The Morgan fingerprint density at radius 3 is 2.35 bits per heavy atom. The molecule has 0 saturated heterocycles. The molecule has 0 amide bonds. The fraction of sp³-hybridized carbons (Fsp3) is 0.625. The van der Waals surface area contributed by atoms with E-state index in [0.717, 1.165) is 12.5 Å². The van der Waals surface area contributed by atoms with Crippen molar-refractivity contribution in [1.29, 1.82) is 0 Å². The van der Waals surface area contributed by atoms with Crippen LogP contribution in [0.2, 0.25) is 0 Å². The summed E-state index contributed by atoms with van der Waals surface area (Å²) in [6.45, 7) is 9.96. The number of hydrogen-bond donors (Lipinski definition) is 1. The number of hydrogen-bond acceptors (Lipinski definition) is 1. The van der Waals surface area contributed by atoms with Crippen molar-refractivity contribution in [1.82, 2.24) is 5.32 Å². The smallest absolute Gasteiger partial charge is 0.0210 e. The van der Waals surface area contributed by atoms with Crippen LogP contribution in [-0.4, -0.2) is 6.04 Å². The van der Waals surface area contributed by atoms with E-state index >= 15 is 0 Å². The van der Waals surface area contributed by atoms with Crippen LogP contribution in [0, 0.1) is 26.7 Å². The molecule has 0 heterocycles. The summed E-state index contributed by atoms with van der Waals surface area (Å²) in [6.07, 6.45) is 4.26. The average molecular weight is 231 g/mol. The summed E-state index contributed by atoms with van der Waals surface area (Å²) in [5.41, 5.74) is 5.68. The van der Waals surface area contributed by atoms with E-state index < -0.39 is 0 Å². The summed E-state index contributed by atoms with van der Waals surface area (Å²) in [4.78, 5) is 0. The highest BCUT2D eigenvalue weighted by atomic mass is 14.9. The topological polar surface area (TPSA) is 12.0 Å². The van der Waals surface area contributed by atoms with Crippen LogP contribution in [0.5, 0.6) is 0 Å². The molecule has 1 fully saturated rings. The molecule has 0 aliphatic heterocycles. The Hall–Kier alpha value is -0.820. The van der Waals surface area contributed by atoms with Crippen molar-refractivity contribution in [3.63, 3.8) is 0 Å². The lowest BCUT2D eigenvalue weighted by Crippen LogP contribution is -2.36. The lowest BCUT2D eigenvalue weighted by Gasteiger charge is -2.32. The van der Waals surface area contributed by atoms with Gasteiger partial charge in [-0.05, 0) is 68.7 Å². The van der Waals surface area contributed by atoms with Gasteiger partial charge in [-0.2, -0.15) is 0 Å². The van der Waals surface area contributed by atoms with Crippen molar-refractivity contribution < 1.29 is 0 Å². The fourth-order valence-corrected chi connectivity index (χ4v) is 2.59. The van der Waals surface area contributed by atoms with Gasteiger partial charge in [0.15, 0.2) is 0 Å². The zero-order valence-corrected chi connectivity index (χ0v) is 11.6. The number of benzene rings is 1. The standard InChI is InChI=1S/C16H25N/c1-11-8-13(3)16(9-12(11)2)10-17-14(4)15-6-5-7-15/h8-9,14-15,17H,5-7,10H2,1-4H3. The molecule has 1 unspecified atom stereocenters. The minimum atomic E-state index is 0.671. The molecule has 0 aromatic heterocycles. The van der Waals surface area contributed by atoms with Gasteiger partial charge in [0.25, 0.3) is 0 Å². The Labute approximate surface area is 106 Å². The van der Waals surface area contributed by atoms with Crippen LogP contribution in [0.3, 0.4) is 0 Å². The van der Waals surface area contributed by atoms with E-state index in [4.69, 9.17) is 0 Å². The molecular weight excluding hydrogens is 206 g/mol. The van der Waals surface area contributed by atoms with Gasteiger partial charge in [0.1, 0.15) is 0 Å². The van der Waals surface area contributed by atoms with Crippen molar-refractivity contribution in [2.45, 2.75) is 59.5 Å². The minimum Gasteiger partial charge on any atom is -0.310 e. The van der Waals surface area contributed by atoms with Gasteiger partial charge >= 0.3 is 0 Å². The van der Waals surface area contributed by atoms with Crippen LogP contribution in [0.15, 0.2) is 12.1 Å². The second-order valence-corrected chi connectivity index (χ2v) is 5.72. The Morgan fingerprint density at radius 2 is 1.76 bits per heavy atom. The molecular formula is C16H25N. The first kappa shape index (κ1) is 12.6. The molecule has 1 aromatic carbocycles. The second kappa shape index (κ2) is 5.22. The third-order valence-electron chi connectivity index (χ3n) is 4.42. The SMILES string of the molecule is Cc1cc(C)c(CNC(C)C2CCC2)cc1C. The lowest BCUT2D eigenvalue weighted by molar-refractivity contribution is 0.240. The Balaban J connectivity index is 1.96. The van der Waals surface area contributed by atoms with Crippen LogP contribution >= 0.6 is 0 Å². The second-order valence-electron chi connectivity index (χ2n) is 5.72. The third kappa shape index (κ3) is 2.90. The van der Waals surface area contributed by atoms with Gasteiger partial charge in [-0.15, -0.1) is 0 Å². The van der Waals surface area contributed by atoms with Gasteiger partial charge in [-0.1, -0.05) is 18.6 Å². The Bertz CT molecular complexity index is 391. The monoisotopic (exact) mass is 231 g/mol. The van der Waals surface area contributed by atoms with Crippen molar-refractivity contribution >= 4 is 0 Å². The van der Waals surface area contributed by atoms with E-state index in [1.165, 1.54) is 41.5 Å². The van der Waals surface area contributed by atoms with Gasteiger partial charge in [-0.25, -0.2) is 0 Å². The largest absolute Gasteiger partial charge is 0.310 e. The van der Waals surface area contributed by atoms with Crippen LogP contribution in [0.25, 0.3) is 0 Å². The summed E-state index contributed by atoms with van der Waals surface area (Å²) in [5, 5.41) is 3.69. The van der Waals surface area contributed by atoms with Gasteiger partial charge < -0.3 is 5.32 Å². The molecule has 1 nitrogen and oxygen atoms in total. The summed E-state index contributed by atoms with van der Waals surface area (Å²) in [7, 11) is 0. The zero-order valence-electron chi connectivity index (χ0n) is 11.6. The lowest BCUT2D eigenvalue weighted by atomic mass is 9.80. The molecule has 1 atom stereocenters. The van der Waals surface area contributed by atoms with Crippen LogP contribution in [0.4, 0.5) is 0 Å². The van der Waals surface area contributed by atoms with Gasteiger partial charge in [-0.3, -0.25) is 0 Å². The van der Waals surface area contributed by atoms with Crippen LogP contribution in [0.1, 0.15) is 48.4 Å². The Kier molecular flexibility index (Phi) is 3.88. The summed E-state index contributed by atoms with van der Waals surface area (Å²) in [6, 6.07) is 5.32. The highest BCUT2D eigenvalue weighted by Gasteiger charge is 2.23. The fourth-order valence-electron chi connectivity index (χ4n) is 2.59. The molecule has 0 radical (unpaired) electrons. The highest BCUT2D eigenvalue weighted by molar-refractivity contribution is 5.36. The van der Waals surface area contributed by atoms with Crippen molar-refractivity contribution in [2.24, 2.45) is 5.92 Å². The quantitative estimate of drug-likeness (QED) is 0.829. The first-order chi connectivity index (χ1) is 8.08. The molecule has 0 spiro atoms. The Morgan fingerprint density at radius 1 is 1.12 bits per heavy atom. The predicted molar refractivity (Wildman–Crippen MR) is 74.3 cm³/mol. The normalized spacial score (nSPS) is 17.9. The highest BCUT2D eigenvalue weighted by Crippen LogP contribution is 2.29. The first-order valence-electron chi connectivity index (χ1n) is 6.88. The van der Waals surface area contributed by atoms with E-state index in [1.54, 1.807) is 0 Å². The number of rotatable bonds is 4. The molecule has 17 heavy (non-hydrogen) atoms. The maximum absolute atomic E-state index is 3.69. The van der Waals surface area contributed by atoms with E-state index in [0.29, 0.717) is 6.04 Å². The molecule has 1 saturated carbocycles. The summed E-state index contributed by atoms with van der Waals surface area (Å²) < 4.78 is 0. The number of nitrogens with one attached hydrogen (secondary N) is 1. The van der Waals surface area contributed by atoms with E-state index in [1.807, 2.05) is 0 Å². The van der Waals surface area contributed by atoms with Crippen LogP contribution in [-0.2, 0) is 6.54 Å². The van der Waals surface area contributed by atoms with E-state index in [-0.39, 0.29) is 0 Å². The van der Waals surface area contributed by atoms with Crippen molar-refractivity contribution in [3.8, 4) is 0 Å². The molecule has 1 N–H and O–H groups in total. The maximum atomic E-state index is 3.69. The zero-order chi connectivity index (χ0) is 12.4. The molecule has 2 rings (SSSR count). The molecule has 1 heteroatoms. The maximum Gasteiger partial charge on any atom is 0.0210 e. The van der Waals surface area contributed by atoms with Gasteiger partial charge in [0.05, 0.1) is 0 Å². The molecule has 94 valence electrons. The molecule has 1 aliphatic carbocycles. The van der Waals surface area contributed by atoms with Crippen LogP contribution < -0.4 is 5.32 Å². The molecule has 1 aliphatic rings. The molecule has 0 bridgehead atoms. The summed E-state index contributed by atoms with van der Waals surface area (Å²) in [5.74, 6) is 0.918. The number of aryl methyl sites for hydroxylation is 3. The predicted octanol–water partition coefficient (Wildman–Crippen LogP) is 3.89. The van der Waals surface area contributed by atoms with E-state index in [9.17, 15) is 0 Å². The molecule has 1 aromatic rings. The van der Waals surface area contributed by atoms with Crippen molar-refractivity contribution in [3.05, 3.63) is 34.4 Å². The van der Waals surface area contributed by atoms with Crippen molar-refractivity contribution in [2.75, 3.05) is 0 Å².